The van der Waals surface area contributed by atoms with Gasteiger partial charge in [0.1, 0.15) is 6.61 Å². The molecule has 8 nitrogen and oxygen atoms in total. The molecule has 8 heteroatoms. The Morgan fingerprint density at radius 1 is 1.39 bits per heavy atom. The number of aliphatic hydroxyl groups is 6. The molecular weight excluding hydrogens is 248 g/mol. The Kier molecular flexibility index (Phi) is 8.20. The predicted octanol–water partition coefficient (Wildman–Crippen LogP) is -3.26. The molecule has 0 amide bonds. The van der Waals surface area contributed by atoms with Gasteiger partial charge in [0.05, 0.1) is 32.0 Å². The lowest BCUT2D eigenvalue weighted by Crippen LogP contribution is -2.32. The molecule has 1 aliphatic rings. The first-order valence-electron chi connectivity index (χ1n) is 5.43. The summed E-state index contributed by atoms with van der Waals surface area (Å²) < 4.78 is 4.66. The van der Waals surface area contributed by atoms with Crippen LogP contribution in [-0.4, -0.2) is 80.8 Å². The van der Waals surface area contributed by atoms with Gasteiger partial charge in [0, 0.05) is 12.8 Å². The minimum absolute atomic E-state index is 0.101. The normalized spacial score (nSPS) is 28.4. The van der Waals surface area contributed by atoms with Gasteiger partial charge in [0.15, 0.2) is 11.6 Å². The standard InChI is InChI=1S/2C5H10O4/c6-3-5(8)1-4(7)2-9-5;6-2-4(8)1-5(9)3-7/h2*4,6-8H,1-3H2. The Morgan fingerprint density at radius 2 is 2.00 bits per heavy atom. The highest BCUT2D eigenvalue weighted by atomic mass is 16.6. The Morgan fingerprint density at radius 3 is 2.28 bits per heavy atom. The molecule has 0 saturated carbocycles. The molecule has 0 spiro atoms. The smallest absolute Gasteiger partial charge is 0.191 e. The molecule has 0 radical (unpaired) electrons. The van der Waals surface area contributed by atoms with Gasteiger partial charge in [-0.15, -0.1) is 0 Å². The number of Topliss-reactive ketones (excluding diaryl/α,β-unsaturated/α-hetero) is 1. The highest BCUT2D eigenvalue weighted by Gasteiger charge is 2.36. The quantitative estimate of drug-likeness (QED) is 0.304. The van der Waals surface area contributed by atoms with Crippen molar-refractivity contribution in [3.8, 4) is 0 Å². The first kappa shape index (κ1) is 17.4. The van der Waals surface area contributed by atoms with Gasteiger partial charge >= 0.3 is 0 Å². The lowest BCUT2D eigenvalue weighted by atomic mass is 10.2. The zero-order valence-corrected chi connectivity index (χ0v) is 9.90. The van der Waals surface area contributed by atoms with Crippen molar-refractivity contribution in [2.24, 2.45) is 0 Å². The summed E-state index contributed by atoms with van der Waals surface area (Å²) in [5.41, 5.74) is 0. The maximum atomic E-state index is 10.3. The van der Waals surface area contributed by atoms with Crippen molar-refractivity contribution in [1.29, 1.82) is 0 Å². The summed E-state index contributed by atoms with van der Waals surface area (Å²) in [5, 5.41) is 51.2. The molecule has 18 heavy (non-hydrogen) atoms. The van der Waals surface area contributed by atoms with E-state index in [9.17, 15) is 4.79 Å². The molecular formula is C10H20O8. The third-order valence-electron chi connectivity index (χ3n) is 2.20. The summed E-state index contributed by atoms with van der Waals surface area (Å²) in [7, 11) is 0. The zero-order chi connectivity index (χ0) is 14.2. The summed E-state index contributed by atoms with van der Waals surface area (Å²) in [5.74, 6) is -1.95. The van der Waals surface area contributed by atoms with E-state index in [0.717, 1.165) is 0 Å². The SMILES string of the molecule is O=C(CO)CC(O)CO.OCC1(O)CC(O)CO1. The number of ketones is 1. The van der Waals surface area contributed by atoms with Crippen LogP contribution in [0.25, 0.3) is 0 Å². The van der Waals surface area contributed by atoms with Gasteiger partial charge in [-0.2, -0.15) is 0 Å². The monoisotopic (exact) mass is 268 g/mol. The van der Waals surface area contributed by atoms with Crippen molar-refractivity contribution in [1.82, 2.24) is 0 Å². The van der Waals surface area contributed by atoms with E-state index in [4.69, 9.17) is 30.6 Å². The fraction of sp³-hybridized carbons (Fsp3) is 0.900. The van der Waals surface area contributed by atoms with Crippen LogP contribution in [0.4, 0.5) is 0 Å². The molecule has 0 aromatic carbocycles. The Labute approximate surface area is 104 Å². The fourth-order valence-corrected chi connectivity index (χ4v) is 1.24. The van der Waals surface area contributed by atoms with Gasteiger partial charge < -0.3 is 35.4 Å². The number of carbonyl (C=O) groups excluding carboxylic acids is 1. The average molecular weight is 268 g/mol. The van der Waals surface area contributed by atoms with E-state index < -0.39 is 43.6 Å². The molecule has 1 fully saturated rings. The summed E-state index contributed by atoms with van der Waals surface area (Å²) in [6.07, 6.45) is -1.73. The summed E-state index contributed by atoms with van der Waals surface area (Å²) >= 11 is 0. The topological polar surface area (TPSA) is 148 Å². The highest BCUT2D eigenvalue weighted by Crippen LogP contribution is 2.21. The van der Waals surface area contributed by atoms with Crippen LogP contribution in [0.5, 0.6) is 0 Å². The van der Waals surface area contributed by atoms with Crippen LogP contribution >= 0.6 is 0 Å². The number of rotatable bonds is 5. The van der Waals surface area contributed by atoms with E-state index in [2.05, 4.69) is 4.74 Å². The van der Waals surface area contributed by atoms with Gasteiger partial charge in [-0.1, -0.05) is 0 Å². The molecule has 1 saturated heterocycles. The van der Waals surface area contributed by atoms with E-state index in [1.165, 1.54) is 0 Å². The Hall–Kier alpha value is -0.610. The van der Waals surface area contributed by atoms with E-state index in [1.54, 1.807) is 0 Å². The molecule has 3 unspecified atom stereocenters. The number of carbonyl (C=O) groups is 1. The molecule has 0 aliphatic carbocycles. The van der Waals surface area contributed by atoms with Crippen LogP contribution in [0.3, 0.4) is 0 Å². The minimum Gasteiger partial charge on any atom is -0.394 e. The van der Waals surface area contributed by atoms with E-state index in [0.29, 0.717) is 0 Å². The van der Waals surface area contributed by atoms with Crippen LogP contribution in [0.15, 0.2) is 0 Å². The predicted molar refractivity (Wildman–Crippen MR) is 58.4 cm³/mol. The largest absolute Gasteiger partial charge is 0.394 e. The molecule has 1 aliphatic heterocycles. The van der Waals surface area contributed by atoms with Gasteiger partial charge in [0.2, 0.25) is 0 Å². The van der Waals surface area contributed by atoms with Crippen LogP contribution < -0.4 is 0 Å². The third kappa shape index (κ3) is 6.97. The third-order valence-corrected chi connectivity index (χ3v) is 2.20. The summed E-state index contributed by atoms with van der Waals surface area (Å²) in [6, 6.07) is 0. The second kappa shape index (κ2) is 8.48. The molecule has 0 aromatic heterocycles. The lowest BCUT2D eigenvalue weighted by Gasteiger charge is -2.16. The second-order valence-corrected chi connectivity index (χ2v) is 4.01. The Bertz CT molecular complexity index is 246. The van der Waals surface area contributed by atoms with Crippen LogP contribution in [0.1, 0.15) is 12.8 Å². The highest BCUT2D eigenvalue weighted by molar-refractivity contribution is 5.79. The molecule has 3 atom stereocenters. The first-order chi connectivity index (χ1) is 8.36. The summed E-state index contributed by atoms with van der Waals surface area (Å²) in [6.45, 7) is -1.36. The van der Waals surface area contributed by atoms with E-state index in [-0.39, 0.29) is 19.4 Å². The van der Waals surface area contributed by atoms with Crippen LogP contribution in [0, 0.1) is 0 Å². The van der Waals surface area contributed by atoms with Crippen molar-refractivity contribution in [2.75, 3.05) is 26.4 Å². The van der Waals surface area contributed by atoms with Gasteiger partial charge in [-0.05, 0) is 0 Å². The molecule has 0 bridgehead atoms. The minimum atomic E-state index is -1.49. The Balaban J connectivity index is 0.000000321. The lowest BCUT2D eigenvalue weighted by molar-refractivity contribution is -0.193. The summed E-state index contributed by atoms with van der Waals surface area (Å²) in [4.78, 5) is 10.3. The average Bonchev–Trinajstić information content (AvgIpc) is 2.70. The first-order valence-corrected chi connectivity index (χ1v) is 5.43. The van der Waals surface area contributed by atoms with Crippen molar-refractivity contribution in [3.05, 3.63) is 0 Å². The molecule has 1 rings (SSSR count). The molecule has 6 N–H and O–H groups in total. The molecule has 1 heterocycles. The van der Waals surface area contributed by atoms with E-state index >= 15 is 0 Å². The molecule has 0 aromatic rings. The van der Waals surface area contributed by atoms with Crippen molar-refractivity contribution < 1.29 is 40.2 Å². The van der Waals surface area contributed by atoms with Crippen molar-refractivity contribution >= 4 is 5.78 Å². The van der Waals surface area contributed by atoms with Crippen molar-refractivity contribution in [2.45, 2.75) is 30.8 Å². The molecule has 108 valence electrons. The zero-order valence-electron chi connectivity index (χ0n) is 9.90. The number of hydrogen-bond acceptors (Lipinski definition) is 8. The maximum absolute atomic E-state index is 10.3. The van der Waals surface area contributed by atoms with Gasteiger partial charge in [0.25, 0.3) is 0 Å². The number of ether oxygens (including phenoxy) is 1. The van der Waals surface area contributed by atoms with Crippen LogP contribution in [0.2, 0.25) is 0 Å². The number of aliphatic hydroxyl groups excluding tert-OH is 5. The van der Waals surface area contributed by atoms with Crippen LogP contribution in [-0.2, 0) is 9.53 Å². The second-order valence-electron chi connectivity index (χ2n) is 4.01. The van der Waals surface area contributed by atoms with Gasteiger partial charge in [-0.25, -0.2) is 0 Å². The number of hydrogen-bond donors (Lipinski definition) is 6. The van der Waals surface area contributed by atoms with Gasteiger partial charge in [-0.3, -0.25) is 4.79 Å². The van der Waals surface area contributed by atoms with E-state index in [1.807, 2.05) is 0 Å². The maximum Gasteiger partial charge on any atom is 0.191 e. The van der Waals surface area contributed by atoms with Crippen molar-refractivity contribution in [3.63, 3.8) is 0 Å². The fourth-order valence-electron chi connectivity index (χ4n) is 1.24.